The summed E-state index contributed by atoms with van der Waals surface area (Å²) in [6.45, 7) is 1.85. The van der Waals surface area contributed by atoms with Gasteiger partial charge in [-0.3, -0.25) is 0 Å². The van der Waals surface area contributed by atoms with E-state index in [0.717, 1.165) is 60.4 Å². The highest BCUT2D eigenvalue weighted by molar-refractivity contribution is 6.10. The standard InChI is InChI=1S/C44H30F2N3O2/c1-2-47(51)39-21-19-27(48-40-15-7-3-11-29(40)30-12-4-8-16-41(30)48)23-35(39)33-25-34(38(46)26-37(33)45)36-24-28(20-22-44(36)50)49-42-17-9-5-13-31(42)32-14-6-10-18-43(32)49/h3-26,50H,2H2,1H3/q-1. The van der Waals surface area contributed by atoms with Crippen molar-refractivity contribution in [3.8, 4) is 39.4 Å². The van der Waals surface area contributed by atoms with Crippen molar-refractivity contribution in [2.75, 3.05) is 11.6 Å². The molecule has 9 aromatic rings. The predicted octanol–water partition coefficient (Wildman–Crippen LogP) is 11.5. The third kappa shape index (κ3) is 4.77. The molecule has 2 aromatic heterocycles. The molecule has 0 amide bonds. The van der Waals surface area contributed by atoms with Gasteiger partial charge in [0, 0.05) is 73.5 Å². The lowest BCUT2D eigenvalue weighted by molar-refractivity contribution is 0.476. The van der Waals surface area contributed by atoms with Crippen LogP contribution in [0.25, 0.3) is 77.2 Å². The van der Waals surface area contributed by atoms with Crippen molar-refractivity contribution in [3.05, 3.63) is 162 Å². The maximum absolute atomic E-state index is 16.1. The zero-order chi connectivity index (χ0) is 34.8. The molecule has 0 saturated heterocycles. The van der Waals surface area contributed by atoms with Crippen LogP contribution in [0.5, 0.6) is 5.75 Å². The van der Waals surface area contributed by atoms with Crippen LogP contribution in [0.2, 0.25) is 0 Å². The molecule has 248 valence electrons. The fourth-order valence-corrected chi connectivity index (χ4v) is 7.51. The van der Waals surface area contributed by atoms with E-state index in [1.807, 2.05) is 78.9 Å². The Kier molecular flexibility index (Phi) is 7.12. The van der Waals surface area contributed by atoms with Crippen LogP contribution in [0, 0.1) is 16.8 Å². The van der Waals surface area contributed by atoms with Gasteiger partial charge in [0.15, 0.2) is 0 Å². The summed E-state index contributed by atoms with van der Waals surface area (Å²) >= 11 is 0. The first-order chi connectivity index (χ1) is 24.9. The molecule has 51 heavy (non-hydrogen) atoms. The molecule has 0 bridgehead atoms. The van der Waals surface area contributed by atoms with Gasteiger partial charge in [-0.1, -0.05) is 72.8 Å². The molecule has 0 aliphatic rings. The fraction of sp³-hybridized carbons (Fsp3) is 0.0455. The molecule has 0 unspecified atom stereocenters. The van der Waals surface area contributed by atoms with Gasteiger partial charge in [0.1, 0.15) is 17.4 Å². The number of hydroxylamine groups is 1. The average molecular weight is 671 g/mol. The van der Waals surface area contributed by atoms with E-state index in [0.29, 0.717) is 11.3 Å². The Morgan fingerprint density at radius 3 is 1.39 bits per heavy atom. The van der Waals surface area contributed by atoms with E-state index in [9.17, 15) is 10.3 Å². The molecule has 7 heteroatoms. The average Bonchev–Trinajstić information content (AvgIpc) is 3.68. The summed E-state index contributed by atoms with van der Waals surface area (Å²) in [7, 11) is 0. The van der Waals surface area contributed by atoms with E-state index >= 15 is 8.78 Å². The highest BCUT2D eigenvalue weighted by Gasteiger charge is 2.21. The Hall–Kier alpha value is -6.44. The minimum Gasteiger partial charge on any atom is -0.758 e. The summed E-state index contributed by atoms with van der Waals surface area (Å²) in [6.07, 6.45) is 0. The SMILES string of the molecule is CCN([O-])c1ccc(-n2c3ccccc3c3ccccc32)cc1-c1cc(-c2cc(-n3c4ccccc4c4ccccc43)ccc2O)c(F)cc1F. The van der Waals surface area contributed by atoms with E-state index in [1.165, 1.54) is 12.1 Å². The van der Waals surface area contributed by atoms with Crippen LogP contribution < -0.4 is 5.06 Å². The molecule has 0 aliphatic heterocycles. The van der Waals surface area contributed by atoms with Crippen LogP contribution in [0.15, 0.2) is 146 Å². The second kappa shape index (κ2) is 11.9. The highest BCUT2D eigenvalue weighted by Crippen LogP contribution is 2.42. The fourth-order valence-electron chi connectivity index (χ4n) is 7.51. The van der Waals surface area contributed by atoms with E-state index in [4.69, 9.17) is 0 Å². The topological polar surface area (TPSA) is 56.4 Å². The number of benzene rings is 7. The van der Waals surface area contributed by atoms with Crippen LogP contribution in [-0.4, -0.2) is 20.8 Å². The van der Waals surface area contributed by atoms with Crippen LogP contribution in [0.3, 0.4) is 0 Å². The minimum absolute atomic E-state index is 0.00804. The van der Waals surface area contributed by atoms with E-state index in [2.05, 4.69) is 33.4 Å². The summed E-state index contributed by atoms with van der Waals surface area (Å²) in [5.74, 6) is -1.81. The third-order valence-corrected chi connectivity index (χ3v) is 9.83. The summed E-state index contributed by atoms with van der Waals surface area (Å²) in [4.78, 5) is 0. The Labute approximate surface area is 292 Å². The number of phenols is 1. The second-order valence-corrected chi connectivity index (χ2v) is 12.6. The van der Waals surface area contributed by atoms with Crippen molar-refractivity contribution in [1.29, 1.82) is 0 Å². The molecule has 5 nitrogen and oxygen atoms in total. The lowest BCUT2D eigenvalue weighted by Crippen LogP contribution is -2.15. The Morgan fingerprint density at radius 2 is 0.922 bits per heavy atom. The predicted molar refractivity (Wildman–Crippen MR) is 204 cm³/mol. The lowest BCUT2D eigenvalue weighted by Gasteiger charge is -2.32. The molecule has 0 radical (unpaired) electrons. The summed E-state index contributed by atoms with van der Waals surface area (Å²) in [5.41, 5.74) is 6.06. The number of anilines is 1. The Balaban J connectivity index is 1.26. The Bertz CT molecular complexity index is 2710. The van der Waals surface area contributed by atoms with Crippen LogP contribution >= 0.6 is 0 Å². The third-order valence-electron chi connectivity index (χ3n) is 9.83. The molecule has 0 fully saturated rings. The van der Waals surface area contributed by atoms with E-state index in [1.54, 1.807) is 31.2 Å². The van der Waals surface area contributed by atoms with Crippen molar-refractivity contribution in [2.24, 2.45) is 0 Å². The number of hydrogen-bond acceptors (Lipinski definition) is 3. The zero-order valence-corrected chi connectivity index (χ0v) is 27.5. The maximum Gasteiger partial charge on any atom is 0.134 e. The van der Waals surface area contributed by atoms with Crippen molar-refractivity contribution >= 4 is 49.3 Å². The molecule has 1 N–H and O–H groups in total. The summed E-state index contributed by atoms with van der Waals surface area (Å²) < 4.78 is 36.2. The number of rotatable bonds is 6. The van der Waals surface area contributed by atoms with Gasteiger partial charge < -0.3 is 24.5 Å². The van der Waals surface area contributed by atoms with Gasteiger partial charge in [0.05, 0.1) is 22.1 Å². The van der Waals surface area contributed by atoms with Crippen molar-refractivity contribution in [1.82, 2.24) is 9.13 Å². The van der Waals surface area contributed by atoms with Crippen LogP contribution in [0.1, 0.15) is 6.92 Å². The lowest BCUT2D eigenvalue weighted by atomic mass is 9.95. The summed E-state index contributed by atoms with van der Waals surface area (Å²) in [6, 6.07) is 44.7. The first-order valence-corrected chi connectivity index (χ1v) is 16.8. The first kappa shape index (κ1) is 30.6. The van der Waals surface area contributed by atoms with E-state index in [-0.39, 0.29) is 34.7 Å². The number of fused-ring (bicyclic) bond motifs is 6. The quantitative estimate of drug-likeness (QED) is 0.179. The number of phenolic OH excluding ortho intramolecular Hbond substituents is 1. The monoisotopic (exact) mass is 670 g/mol. The van der Waals surface area contributed by atoms with Gasteiger partial charge in [-0.25, -0.2) is 8.78 Å². The van der Waals surface area contributed by atoms with Crippen LogP contribution in [-0.2, 0) is 0 Å². The van der Waals surface area contributed by atoms with Crippen molar-refractivity contribution in [3.63, 3.8) is 0 Å². The minimum atomic E-state index is -0.833. The number of nitrogens with zero attached hydrogens (tertiary/aromatic N) is 3. The van der Waals surface area contributed by atoms with Crippen LogP contribution in [0.4, 0.5) is 14.5 Å². The normalized spacial score (nSPS) is 11.7. The van der Waals surface area contributed by atoms with Gasteiger partial charge in [-0.05, 0) is 73.7 Å². The van der Waals surface area contributed by atoms with Gasteiger partial charge >= 0.3 is 0 Å². The number of hydrogen-bond donors (Lipinski definition) is 1. The zero-order valence-electron chi connectivity index (χ0n) is 27.5. The molecule has 0 atom stereocenters. The molecule has 0 aliphatic carbocycles. The molecule has 2 heterocycles. The van der Waals surface area contributed by atoms with Crippen molar-refractivity contribution < 1.29 is 13.9 Å². The second-order valence-electron chi connectivity index (χ2n) is 12.6. The number of aromatic hydroxyl groups is 1. The van der Waals surface area contributed by atoms with Crippen molar-refractivity contribution in [2.45, 2.75) is 6.92 Å². The smallest absolute Gasteiger partial charge is 0.134 e. The van der Waals surface area contributed by atoms with Gasteiger partial charge in [-0.2, -0.15) is 0 Å². The molecule has 9 rings (SSSR count). The van der Waals surface area contributed by atoms with Gasteiger partial charge in [0.2, 0.25) is 0 Å². The molecular weight excluding hydrogens is 640 g/mol. The first-order valence-electron chi connectivity index (χ1n) is 16.8. The number of halogens is 2. The molecule has 0 spiro atoms. The highest BCUT2D eigenvalue weighted by atomic mass is 19.1. The number of para-hydroxylation sites is 4. The molecule has 0 saturated carbocycles. The maximum atomic E-state index is 16.1. The largest absolute Gasteiger partial charge is 0.758 e. The summed E-state index contributed by atoms with van der Waals surface area (Å²) in [5, 5.41) is 29.5. The molecular formula is C44H30F2N3O2-. The van der Waals surface area contributed by atoms with Gasteiger partial charge in [-0.15, -0.1) is 0 Å². The van der Waals surface area contributed by atoms with E-state index < -0.39 is 11.6 Å². The Morgan fingerprint density at radius 1 is 0.510 bits per heavy atom. The molecule has 7 aromatic carbocycles. The number of aromatic nitrogens is 2. The van der Waals surface area contributed by atoms with Gasteiger partial charge in [0.25, 0.3) is 0 Å².